The van der Waals surface area contributed by atoms with Crippen LogP contribution in [0.2, 0.25) is 13.1 Å². The number of para-hydroxylation sites is 2. The predicted octanol–water partition coefficient (Wildman–Crippen LogP) is 5.60. The number of hydrogen-bond donors (Lipinski definition) is 0. The summed E-state index contributed by atoms with van der Waals surface area (Å²) in [6, 6.07) is 31.7. The first-order valence-electron chi connectivity index (χ1n) is 13.5. The Morgan fingerprint density at radius 3 is 2.45 bits per heavy atom. The molecule has 1 aliphatic carbocycles. The molecule has 5 heteroatoms. The van der Waals surface area contributed by atoms with E-state index >= 15 is 0 Å². The summed E-state index contributed by atoms with van der Waals surface area (Å²) in [5.74, 6) is 2.10. The highest BCUT2D eigenvalue weighted by atomic mass is 32.1. The van der Waals surface area contributed by atoms with E-state index in [0.29, 0.717) is 0 Å². The molecule has 0 N–H and O–H groups in total. The molecule has 9 rings (SSSR count). The lowest BCUT2D eigenvalue weighted by Crippen LogP contribution is -2.66. The molecule has 4 aromatic carbocycles. The zero-order valence-electron chi connectivity index (χ0n) is 21.9. The maximum absolute atomic E-state index is 6.95. The SMILES string of the molecule is CC1(C)c2ccccc2-c2sc3c(c21)Oc1cccc2c1B3c1cccc3c1N2c1ccccc1[Si]3(C)C. The average molecular weight is 524 g/mol. The summed E-state index contributed by atoms with van der Waals surface area (Å²) in [6.07, 6.45) is 0. The van der Waals surface area contributed by atoms with E-state index in [2.05, 4.69) is 117 Å². The highest BCUT2D eigenvalue weighted by molar-refractivity contribution is 7.31. The van der Waals surface area contributed by atoms with Gasteiger partial charge in [-0.05, 0) is 50.6 Å². The molecule has 2 nitrogen and oxygen atoms in total. The topological polar surface area (TPSA) is 12.5 Å². The molecular formula is C33H26BNOSSi. The smallest absolute Gasteiger partial charge is 0.268 e. The molecule has 4 heterocycles. The molecule has 0 unspecified atom stereocenters. The summed E-state index contributed by atoms with van der Waals surface area (Å²) in [5, 5.41) is 3.04. The Hall–Kier alpha value is -3.54. The van der Waals surface area contributed by atoms with Crippen LogP contribution in [0.15, 0.2) is 84.9 Å². The Balaban J connectivity index is 1.38. The summed E-state index contributed by atoms with van der Waals surface area (Å²) in [6.45, 7) is 9.93. The second-order valence-electron chi connectivity index (χ2n) is 12.1. The molecule has 0 radical (unpaired) electrons. The Bertz CT molecular complexity index is 1890. The molecule has 4 aliphatic rings. The summed E-state index contributed by atoms with van der Waals surface area (Å²) >= 11 is 1.96. The average Bonchev–Trinajstić information content (AvgIpc) is 3.41. The lowest BCUT2D eigenvalue weighted by atomic mass is 9.36. The molecule has 182 valence electrons. The van der Waals surface area contributed by atoms with Crippen LogP contribution in [-0.2, 0) is 5.41 Å². The van der Waals surface area contributed by atoms with Gasteiger partial charge >= 0.3 is 0 Å². The number of hydrogen-bond acceptors (Lipinski definition) is 3. The van der Waals surface area contributed by atoms with Crippen molar-refractivity contribution < 1.29 is 4.74 Å². The third-order valence-corrected chi connectivity index (χ3v) is 14.3. The van der Waals surface area contributed by atoms with Crippen molar-refractivity contribution in [3.63, 3.8) is 0 Å². The van der Waals surface area contributed by atoms with Crippen LogP contribution < -0.4 is 35.7 Å². The van der Waals surface area contributed by atoms with Crippen LogP contribution in [0.25, 0.3) is 10.4 Å². The first kappa shape index (κ1) is 21.4. The van der Waals surface area contributed by atoms with Gasteiger partial charge in [0.1, 0.15) is 19.6 Å². The predicted molar refractivity (Wildman–Crippen MR) is 164 cm³/mol. The fraction of sp³-hybridized carbons (Fsp3) is 0.152. The van der Waals surface area contributed by atoms with Crippen molar-refractivity contribution in [3.05, 3.63) is 96.1 Å². The van der Waals surface area contributed by atoms with Crippen molar-refractivity contribution in [2.75, 3.05) is 4.90 Å². The molecule has 0 saturated carbocycles. The van der Waals surface area contributed by atoms with Crippen LogP contribution in [0.4, 0.5) is 17.1 Å². The van der Waals surface area contributed by atoms with Gasteiger partial charge in [-0.25, -0.2) is 0 Å². The standard InChI is InChI=1S/C33H26BNOSSi/c1-33(2)20-12-6-5-11-19(20)31-27(33)30-32(37-31)34-21-13-9-18-26-29(21)35(23-15-10-16-24(36-30)28(23)34)22-14-7-8-17-25(22)38(26,3)4/h5-18H,1-4H3. The molecule has 1 aromatic heterocycles. The number of rotatable bonds is 0. The number of nitrogens with zero attached hydrogens (tertiary/aromatic N) is 1. The van der Waals surface area contributed by atoms with Gasteiger partial charge in [0, 0.05) is 37.7 Å². The van der Waals surface area contributed by atoms with Gasteiger partial charge < -0.3 is 9.64 Å². The van der Waals surface area contributed by atoms with Crippen LogP contribution in [0.3, 0.4) is 0 Å². The maximum atomic E-state index is 6.95. The first-order valence-corrected chi connectivity index (χ1v) is 17.3. The van der Waals surface area contributed by atoms with Crippen LogP contribution in [0.5, 0.6) is 11.5 Å². The third-order valence-electron chi connectivity index (χ3n) is 9.50. The van der Waals surface area contributed by atoms with Gasteiger partial charge in [0.2, 0.25) is 0 Å². The third kappa shape index (κ3) is 2.29. The summed E-state index contributed by atoms with van der Waals surface area (Å²) in [7, 11) is -1.88. The molecule has 0 amide bonds. The van der Waals surface area contributed by atoms with E-state index in [1.807, 2.05) is 11.3 Å². The summed E-state index contributed by atoms with van der Waals surface area (Å²) < 4.78 is 8.32. The highest BCUT2D eigenvalue weighted by Gasteiger charge is 2.51. The van der Waals surface area contributed by atoms with Crippen LogP contribution in [0, 0.1) is 0 Å². The minimum atomic E-state index is -1.88. The monoisotopic (exact) mass is 523 g/mol. The lowest BCUT2D eigenvalue weighted by Gasteiger charge is -2.47. The molecule has 38 heavy (non-hydrogen) atoms. The highest BCUT2D eigenvalue weighted by Crippen LogP contribution is 2.56. The van der Waals surface area contributed by atoms with E-state index in [0.717, 1.165) is 11.5 Å². The fourth-order valence-electron chi connectivity index (χ4n) is 7.75. The molecule has 0 saturated heterocycles. The summed E-state index contributed by atoms with van der Waals surface area (Å²) in [4.78, 5) is 3.93. The van der Waals surface area contributed by atoms with Crippen molar-refractivity contribution in [3.8, 4) is 21.9 Å². The molecule has 3 aliphatic heterocycles. The van der Waals surface area contributed by atoms with E-state index in [4.69, 9.17) is 4.74 Å². The molecule has 0 bridgehead atoms. The van der Waals surface area contributed by atoms with Crippen molar-refractivity contribution in [2.24, 2.45) is 0 Å². The van der Waals surface area contributed by atoms with Gasteiger partial charge in [-0.3, -0.25) is 0 Å². The van der Waals surface area contributed by atoms with E-state index in [1.165, 1.54) is 64.7 Å². The Morgan fingerprint density at radius 2 is 1.55 bits per heavy atom. The van der Waals surface area contributed by atoms with Gasteiger partial charge in [0.15, 0.2) is 0 Å². The van der Waals surface area contributed by atoms with Crippen molar-refractivity contribution in [1.82, 2.24) is 0 Å². The Kier molecular flexibility index (Phi) is 3.78. The lowest BCUT2D eigenvalue weighted by molar-refractivity contribution is 0.471. The molecule has 0 atom stereocenters. The number of benzene rings is 4. The van der Waals surface area contributed by atoms with Crippen LogP contribution >= 0.6 is 11.3 Å². The van der Waals surface area contributed by atoms with Gasteiger partial charge in [-0.15, -0.1) is 11.3 Å². The normalized spacial score (nSPS) is 17.5. The number of ether oxygens (including phenoxy) is 1. The molecule has 0 spiro atoms. The number of fused-ring (bicyclic) bond motifs is 10. The van der Waals surface area contributed by atoms with Gasteiger partial charge in [0.25, 0.3) is 6.71 Å². The minimum absolute atomic E-state index is 0.0875. The maximum Gasteiger partial charge on any atom is 0.268 e. The van der Waals surface area contributed by atoms with Gasteiger partial charge in [-0.2, -0.15) is 0 Å². The van der Waals surface area contributed by atoms with E-state index in [-0.39, 0.29) is 12.1 Å². The fourth-order valence-corrected chi connectivity index (χ4v) is 12.3. The number of anilines is 3. The van der Waals surface area contributed by atoms with Gasteiger partial charge in [0.05, 0.1) is 0 Å². The van der Waals surface area contributed by atoms with Gasteiger partial charge in [-0.1, -0.05) is 93.7 Å². The van der Waals surface area contributed by atoms with E-state index in [1.54, 1.807) is 0 Å². The molecular weight excluding hydrogens is 497 g/mol. The van der Waals surface area contributed by atoms with Crippen LogP contribution in [0.1, 0.15) is 25.0 Å². The number of thiophene rings is 1. The quantitative estimate of drug-likeness (QED) is 0.240. The Labute approximate surface area is 228 Å². The zero-order chi connectivity index (χ0) is 25.6. The van der Waals surface area contributed by atoms with Crippen LogP contribution in [-0.4, -0.2) is 14.8 Å². The van der Waals surface area contributed by atoms with Crippen molar-refractivity contribution >= 4 is 69.3 Å². The Morgan fingerprint density at radius 1 is 0.816 bits per heavy atom. The largest absolute Gasteiger partial charge is 0.457 e. The minimum Gasteiger partial charge on any atom is -0.457 e. The van der Waals surface area contributed by atoms with E-state index in [9.17, 15) is 0 Å². The molecule has 0 fully saturated rings. The molecule has 5 aromatic rings. The summed E-state index contributed by atoms with van der Waals surface area (Å²) in [5.41, 5.74) is 10.8. The zero-order valence-corrected chi connectivity index (χ0v) is 23.7. The van der Waals surface area contributed by atoms with Crippen molar-refractivity contribution in [2.45, 2.75) is 32.4 Å². The van der Waals surface area contributed by atoms with E-state index < -0.39 is 8.07 Å². The second-order valence-corrected chi connectivity index (χ2v) is 17.5. The van der Waals surface area contributed by atoms with Crippen molar-refractivity contribution in [1.29, 1.82) is 0 Å². The second kappa shape index (κ2) is 6.72. The first-order chi connectivity index (χ1) is 18.4.